The van der Waals surface area contributed by atoms with Crippen LogP contribution >= 0.6 is 0 Å². The van der Waals surface area contributed by atoms with Gasteiger partial charge in [-0.2, -0.15) is 0 Å². The molecule has 3 nitrogen and oxygen atoms in total. The molecule has 1 aliphatic rings. The summed E-state index contributed by atoms with van der Waals surface area (Å²) >= 11 is 0. The fourth-order valence-corrected chi connectivity index (χ4v) is 2.80. The first-order valence-electron chi connectivity index (χ1n) is 10.3. The van der Waals surface area contributed by atoms with Crippen LogP contribution in [0, 0.1) is 0 Å². The van der Waals surface area contributed by atoms with E-state index in [0.717, 1.165) is 32.1 Å². The van der Waals surface area contributed by atoms with Crippen molar-refractivity contribution < 1.29 is 14.3 Å². The van der Waals surface area contributed by atoms with E-state index in [4.69, 9.17) is 9.47 Å². The van der Waals surface area contributed by atoms with Crippen LogP contribution in [-0.2, 0) is 14.3 Å². The highest BCUT2D eigenvalue weighted by Crippen LogP contribution is 2.26. The lowest BCUT2D eigenvalue weighted by Crippen LogP contribution is -2.17. The second kappa shape index (κ2) is 11.8. The number of allylic oxidation sites excluding steroid dienone is 5. The van der Waals surface area contributed by atoms with Gasteiger partial charge in [-0.25, -0.2) is 0 Å². The topological polar surface area (TPSA) is 35.5 Å². The van der Waals surface area contributed by atoms with Crippen LogP contribution < -0.4 is 0 Å². The second-order valence-electron chi connectivity index (χ2n) is 7.92. The van der Waals surface area contributed by atoms with E-state index in [1.807, 2.05) is 6.92 Å². The summed E-state index contributed by atoms with van der Waals surface area (Å²) in [6, 6.07) is 0. The Hall–Kier alpha value is -1.77. The molecule has 0 aliphatic carbocycles. The van der Waals surface area contributed by atoms with Crippen LogP contribution in [-0.4, -0.2) is 18.0 Å². The number of hydrogen-bond donors (Lipinski definition) is 0. The first-order valence-corrected chi connectivity index (χ1v) is 10.3. The Morgan fingerprint density at radius 2 is 1.67 bits per heavy atom. The third kappa shape index (κ3) is 8.64. The van der Waals surface area contributed by atoms with Crippen molar-refractivity contribution in [3.8, 4) is 0 Å². The average molecular weight is 375 g/mol. The largest absolute Gasteiger partial charge is 0.462 e. The molecule has 0 fully saturated rings. The minimum atomic E-state index is -0.430. The van der Waals surface area contributed by atoms with Crippen molar-refractivity contribution in [1.82, 2.24) is 0 Å². The molecule has 152 valence electrons. The third-order valence-corrected chi connectivity index (χ3v) is 4.90. The number of carbonyl (C=O) groups excluding carboxylic acids is 1. The maximum Gasteiger partial charge on any atom is 0.286 e. The van der Waals surface area contributed by atoms with E-state index in [-0.39, 0.29) is 11.9 Å². The molecule has 2 unspecified atom stereocenters. The molecular formula is C24H38O3. The smallest absolute Gasteiger partial charge is 0.286 e. The third-order valence-electron chi connectivity index (χ3n) is 4.90. The fourth-order valence-electron chi connectivity index (χ4n) is 2.80. The first kappa shape index (κ1) is 23.3. The molecule has 0 saturated heterocycles. The number of ketones is 1. The summed E-state index contributed by atoms with van der Waals surface area (Å²) in [6.07, 6.45) is 12.2. The Kier molecular flexibility index (Phi) is 10.2. The van der Waals surface area contributed by atoms with Gasteiger partial charge in [-0.1, -0.05) is 41.9 Å². The Balaban J connectivity index is 2.42. The standard InChI is InChI=1S/C24H38O3/c1-8-20(6)26-24-21(7)23(25)22(27-24)16-15-19(5)14-10-13-18(4)12-9-11-17(2)3/h11,13,15,20,22H,8-10,12,14,16H2,1-7H3/b18-13+,19-15+. The van der Waals surface area contributed by atoms with Crippen molar-refractivity contribution in [3.63, 3.8) is 0 Å². The van der Waals surface area contributed by atoms with Crippen molar-refractivity contribution in [3.05, 3.63) is 46.5 Å². The quantitative estimate of drug-likeness (QED) is 0.373. The van der Waals surface area contributed by atoms with E-state index in [9.17, 15) is 4.79 Å². The fraction of sp³-hybridized carbons (Fsp3) is 0.625. The summed E-state index contributed by atoms with van der Waals surface area (Å²) in [6.45, 7) is 14.4. The molecule has 1 heterocycles. The maximum absolute atomic E-state index is 12.3. The van der Waals surface area contributed by atoms with Gasteiger partial charge >= 0.3 is 0 Å². The number of hydrogen-bond acceptors (Lipinski definition) is 3. The number of Topliss-reactive ketones (excluding diaryl/α,β-unsaturated/α-hetero) is 1. The Labute approximate surface area is 166 Å². The highest BCUT2D eigenvalue weighted by molar-refractivity contribution is 6.00. The number of carbonyl (C=O) groups is 1. The summed E-state index contributed by atoms with van der Waals surface area (Å²) in [7, 11) is 0. The normalized spacial score (nSPS) is 19.2. The molecule has 0 aromatic rings. The van der Waals surface area contributed by atoms with Crippen LogP contribution in [0.25, 0.3) is 0 Å². The van der Waals surface area contributed by atoms with E-state index in [1.165, 1.54) is 16.7 Å². The van der Waals surface area contributed by atoms with E-state index >= 15 is 0 Å². The van der Waals surface area contributed by atoms with Crippen molar-refractivity contribution in [2.45, 2.75) is 99.2 Å². The summed E-state index contributed by atoms with van der Waals surface area (Å²) in [5, 5.41) is 0. The lowest BCUT2D eigenvalue weighted by Gasteiger charge is -2.15. The lowest BCUT2D eigenvalue weighted by atomic mass is 10.0. The molecule has 0 aromatic heterocycles. The lowest BCUT2D eigenvalue weighted by molar-refractivity contribution is -0.122. The van der Waals surface area contributed by atoms with Gasteiger partial charge in [0.1, 0.15) is 0 Å². The van der Waals surface area contributed by atoms with Crippen LogP contribution in [0.3, 0.4) is 0 Å². The molecule has 0 aromatic carbocycles. The monoisotopic (exact) mass is 374 g/mol. The Bertz CT molecular complexity index is 616. The molecule has 27 heavy (non-hydrogen) atoms. The van der Waals surface area contributed by atoms with Crippen LogP contribution in [0.15, 0.2) is 46.5 Å². The summed E-state index contributed by atoms with van der Waals surface area (Å²) < 4.78 is 11.5. The minimum Gasteiger partial charge on any atom is -0.462 e. The predicted octanol–water partition coefficient (Wildman–Crippen LogP) is 6.81. The number of ether oxygens (including phenoxy) is 2. The van der Waals surface area contributed by atoms with Gasteiger partial charge in [0, 0.05) is 6.42 Å². The average Bonchev–Trinajstić information content (AvgIpc) is 2.87. The van der Waals surface area contributed by atoms with Crippen molar-refractivity contribution in [2.24, 2.45) is 0 Å². The van der Waals surface area contributed by atoms with Crippen LogP contribution in [0.5, 0.6) is 0 Å². The van der Waals surface area contributed by atoms with Gasteiger partial charge < -0.3 is 9.47 Å². The van der Waals surface area contributed by atoms with E-state index in [0.29, 0.717) is 17.9 Å². The van der Waals surface area contributed by atoms with Gasteiger partial charge in [-0.15, -0.1) is 0 Å². The molecule has 0 N–H and O–H groups in total. The Morgan fingerprint density at radius 3 is 2.26 bits per heavy atom. The summed E-state index contributed by atoms with van der Waals surface area (Å²) in [5.41, 5.74) is 4.74. The first-order chi connectivity index (χ1) is 12.7. The Morgan fingerprint density at radius 1 is 1.07 bits per heavy atom. The van der Waals surface area contributed by atoms with Crippen LogP contribution in [0.1, 0.15) is 87.0 Å². The predicted molar refractivity (Wildman–Crippen MR) is 113 cm³/mol. The van der Waals surface area contributed by atoms with Crippen LogP contribution in [0.4, 0.5) is 0 Å². The molecular weight excluding hydrogens is 336 g/mol. The summed E-state index contributed by atoms with van der Waals surface area (Å²) in [4.78, 5) is 12.3. The van der Waals surface area contributed by atoms with Crippen molar-refractivity contribution >= 4 is 5.78 Å². The van der Waals surface area contributed by atoms with Gasteiger partial charge in [0.15, 0.2) is 6.10 Å². The zero-order valence-electron chi connectivity index (χ0n) is 18.4. The summed E-state index contributed by atoms with van der Waals surface area (Å²) in [5.74, 6) is 0.465. The van der Waals surface area contributed by atoms with Gasteiger partial charge in [-0.3, -0.25) is 4.79 Å². The highest BCUT2D eigenvalue weighted by Gasteiger charge is 2.33. The van der Waals surface area contributed by atoms with E-state index in [1.54, 1.807) is 6.92 Å². The van der Waals surface area contributed by atoms with Crippen molar-refractivity contribution in [2.75, 3.05) is 0 Å². The van der Waals surface area contributed by atoms with E-state index < -0.39 is 6.10 Å². The molecule has 0 saturated carbocycles. The molecule has 0 spiro atoms. The molecule has 2 atom stereocenters. The molecule has 0 amide bonds. The van der Waals surface area contributed by atoms with Gasteiger partial charge in [0.05, 0.1) is 11.7 Å². The molecule has 1 rings (SSSR count). The highest BCUT2D eigenvalue weighted by atomic mass is 16.7. The van der Waals surface area contributed by atoms with E-state index in [2.05, 4.69) is 52.8 Å². The maximum atomic E-state index is 12.3. The van der Waals surface area contributed by atoms with Gasteiger partial charge in [0.2, 0.25) is 5.78 Å². The second-order valence-corrected chi connectivity index (χ2v) is 7.92. The zero-order chi connectivity index (χ0) is 20.4. The minimum absolute atomic E-state index is 0.0485. The van der Waals surface area contributed by atoms with Crippen LogP contribution in [0.2, 0.25) is 0 Å². The molecule has 3 heteroatoms. The SMILES string of the molecule is CCC(C)OC1=C(C)C(=O)C(C/C=C(\C)CC/C=C(\C)CCC=C(C)C)O1. The molecule has 0 bridgehead atoms. The van der Waals surface area contributed by atoms with Gasteiger partial charge in [0.25, 0.3) is 5.95 Å². The zero-order valence-corrected chi connectivity index (χ0v) is 18.4. The van der Waals surface area contributed by atoms with Crippen molar-refractivity contribution in [1.29, 1.82) is 0 Å². The van der Waals surface area contributed by atoms with Gasteiger partial charge in [-0.05, 0) is 73.6 Å². The molecule has 1 aliphatic heterocycles. The molecule has 0 radical (unpaired) electrons. The number of rotatable bonds is 11.